The largest absolute Gasteiger partial charge is 0.489 e. The minimum atomic E-state index is 0.0171. The Morgan fingerprint density at radius 1 is 1.19 bits per heavy atom. The van der Waals surface area contributed by atoms with Crippen LogP contribution in [0.1, 0.15) is 18.1 Å². The van der Waals surface area contributed by atoms with E-state index in [4.69, 9.17) is 33.7 Å². The van der Waals surface area contributed by atoms with E-state index in [1.807, 2.05) is 43.3 Å². The number of ether oxygens (including phenoxy) is 1. The van der Waals surface area contributed by atoms with Crippen molar-refractivity contribution in [2.75, 3.05) is 0 Å². The van der Waals surface area contributed by atoms with Crippen molar-refractivity contribution < 1.29 is 4.74 Å². The fourth-order valence-corrected chi connectivity index (χ4v) is 2.96. The van der Waals surface area contributed by atoms with Crippen molar-refractivity contribution in [3.63, 3.8) is 0 Å². The lowest BCUT2D eigenvalue weighted by Gasteiger charge is -2.15. The van der Waals surface area contributed by atoms with Crippen LogP contribution in [0.5, 0.6) is 5.75 Å². The Morgan fingerprint density at radius 3 is 2.62 bits per heavy atom. The Morgan fingerprint density at radius 2 is 1.95 bits per heavy atom. The molecule has 112 valence electrons. The first-order valence-electron chi connectivity index (χ1n) is 6.57. The topological polar surface area (TPSA) is 35.2 Å². The zero-order valence-electron chi connectivity index (χ0n) is 11.6. The average molecular weight is 389 g/mol. The van der Waals surface area contributed by atoms with Crippen LogP contribution in [0.25, 0.3) is 0 Å². The van der Waals surface area contributed by atoms with Gasteiger partial charge in [-0.15, -0.1) is 0 Å². The Kier molecular flexibility index (Phi) is 5.94. The molecule has 2 aromatic rings. The molecule has 0 saturated heterocycles. The molecule has 2 nitrogen and oxygen atoms in total. The molecule has 0 spiro atoms. The van der Waals surface area contributed by atoms with E-state index in [1.54, 1.807) is 0 Å². The van der Waals surface area contributed by atoms with E-state index in [0.717, 1.165) is 21.3 Å². The van der Waals surface area contributed by atoms with Crippen molar-refractivity contribution in [1.29, 1.82) is 0 Å². The fraction of sp³-hybridized carbons (Fsp3) is 0.250. The molecule has 0 radical (unpaired) electrons. The summed E-state index contributed by atoms with van der Waals surface area (Å²) < 4.78 is 6.83. The summed E-state index contributed by atoms with van der Waals surface area (Å²) in [7, 11) is 0. The minimum absolute atomic E-state index is 0.0171. The Balaban J connectivity index is 2.18. The minimum Gasteiger partial charge on any atom is -0.489 e. The van der Waals surface area contributed by atoms with Crippen molar-refractivity contribution in [3.8, 4) is 5.75 Å². The normalized spacial score (nSPS) is 12.2. The third-order valence-electron chi connectivity index (χ3n) is 3.00. The summed E-state index contributed by atoms with van der Waals surface area (Å²) >= 11 is 15.8. The third kappa shape index (κ3) is 4.62. The van der Waals surface area contributed by atoms with Crippen LogP contribution in [0.15, 0.2) is 40.9 Å². The Labute approximate surface area is 143 Å². The highest BCUT2D eigenvalue weighted by Gasteiger charge is 2.11. The first kappa shape index (κ1) is 16.6. The molecule has 0 aliphatic heterocycles. The maximum atomic E-state index is 6.24. The monoisotopic (exact) mass is 387 g/mol. The molecule has 0 fully saturated rings. The van der Waals surface area contributed by atoms with E-state index in [-0.39, 0.29) is 6.04 Å². The molecule has 2 aromatic carbocycles. The van der Waals surface area contributed by atoms with Crippen LogP contribution in [0.4, 0.5) is 0 Å². The first-order valence-corrected chi connectivity index (χ1v) is 8.12. The van der Waals surface area contributed by atoms with Gasteiger partial charge in [-0.2, -0.15) is 0 Å². The van der Waals surface area contributed by atoms with Gasteiger partial charge in [0.15, 0.2) is 0 Å². The smallest absolute Gasteiger partial charge is 0.124 e. The van der Waals surface area contributed by atoms with Crippen molar-refractivity contribution in [1.82, 2.24) is 0 Å². The van der Waals surface area contributed by atoms with E-state index >= 15 is 0 Å². The van der Waals surface area contributed by atoms with E-state index in [1.165, 1.54) is 0 Å². The molecule has 1 atom stereocenters. The summed E-state index contributed by atoms with van der Waals surface area (Å²) in [5, 5.41) is 1.34. The maximum Gasteiger partial charge on any atom is 0.124 e. The van der Waals surface area contributed by atoms with Gasteiger partial charge < -0.3 is 10.5 Å². The van der Waals surface area contributed by atoms with Crippen LogP contribution in [0, 0.1) is 0 Å². The number of halogens is 3. The van der Waals surface area contributed by atoms with Gasteiger partial charge in [0.05, 0.1) is 0 Å². The van der Waals surface area contributed by atoms with Gasteiger partial charge in [-0.05, 0) is 37.6 Å². The molecule has 0 aliphatic rings. The number of benzene rings is 2. The van der Waals surface area contributed by atoms with E-state index < -0.39 is 0 Å². The Hall–Kier alpha value is -0.740. The second-order valence-electron chi connectivity index (χ2n) is 4.92. The zero-order chi connectivity index (χ0) is 15.4. The van der Waals surface area contributed by atoms with Crippen molar-refractivity contribution in [2.24, 2.45) is 5.73 Å². The molecule has 0 bridgehead atoms. The summed E-state index contributed by atoms with van der Waals surface area (Å²) in [6.45, 7) is 2.33. The van der Waals surface area contributed by atoms with Crippen LogP contribution in [-0.2, 0) is 13.0 Å². The molecule has 0 aromatic heterocycles. The highest BCUT2D eigenvalue weighted by Crippen LogP contribution is 2.29. The molecule has 0 amide bonds. The van der Waals surface area contributed by atoms with Crippen molar-refractivity contribution in [3.05, 3.63) is 62.0 Å². The number of hydrogen-bond donors (Lipinski definition) is 1. The molecular formula is C16H16BrCl2NO. The number of nitrogens with two attached hydrogens (primary N) is 1. The molecule has 0 heterocycles. The van der Waals surface area contributed by atoms with Gasteiger partial charge in [-0.3, -0.25) is 0 Å². The van der Waals surface area contributed by atoms with E-state index in [0.29, 0.717) is 23.1 Å². The second-order valence-corrected chi connectivity index (χ2v) is 6.65. The quantitative estimate of drug-likeness (QED) is 0.761. The zero-order valence-corrected chi connectivity index (χ0v) is 14.7. The molecule has 0 aliphatic carbocycles. The fourth-order valence-electron chi connectivity index (χ4n) is 1.99. The molecular weight excluding hydrogens is 373 g/mol. The lowest BCUT2D eigenvalue weighted by Crippen LogP contribution is -2.18. The summed E-state index contributed by atoms with van der Waals surface area (Å²) in [6.07, 6.45) is 0.670. The molecule has 21 heavy (non-hydrogen) atoms. The lowest BCUT2D eigenvalue weighted by atomic mass is 10.1. The second kappa shape index (κ2) is 7.50. The van der Waals surface area contributed by atoms with Crippen LogP contribution in [0.3, 0.4) is 0 Å². The van der Waals surface area contributed by atoms with Crippen molar-refractivity contribution >= 4 is 39.1 Å². The highest BCUT2D eigenvalue weighted by atomic mass is 79.9. The Bertz CT molecular complexity index is 632. The maximum absolute atomic E-state index is 6.24. The van der Waals surface area contributed by atoms with Gasteiger partial charge in [0.2, 0.25) is 0 Å². The molecule has 2 rings (SSSR count). The van der Waals surface area contributed by atoms with Gasteiger partial charge in [0, 0.05) is 31.7 Å². The van der Waals surface area contributed by atoms with Gasteiger partial charge in [0.1, 0.15) is 12.4 Å². The van der Waals surface area contributed by atoms with Crippen LogP contribution in [-0.4, -0.2) is 6.04 Å². The lowest BCUT2D eigenvalue weighted by molar-refractivity contribution is 0.302. The molecule has 1 unspecified atom stereocenters. The summed E-state index contributed by atoms with van der Waals surface area (Å²) in [5.74, 6) is 0.749. The molecule has 5 heteroatoms. The van der Waals surface area contributed by atoms with Gasteiger partial charge >= 0.3 is 0 Å². The predicted molar refractivity (Wildman–Crippen MR) is 92.3 cm³/mol. The highest BCUT2D eigenvalue weighted by molar-refractivity contribution is 9.10. The average Bonchev–Trinajstić information content (AvgIpc) is 2.40. The number of rotatable bonds is 5. The van der Waals surface area contributed by atoms with Crippen LogP contribution >= 0.6 is 39.1 Å². The van der Waals surface area contributed by atoms with E-state index in [9.17, 15) is 0 Å². The van der Waals surface area contributed by atoms with Crippen LogP contribution < -0.4 is 10.5 Å². The predicted octanol–water partition coefficient (Wildman–Crippen LogP) is 5.22. The van der Waals surface area contributed by atoms with Gasteiger partial charge in [-0.25, -0.2) is 0 Å². The third-order valence-corrected chi connectivity index (χ3v) is 4.20. The van der Waals surface area contributed by atoms with Gasteiger partial charge in [-0.1, -0.05) is 51.3 Å². The summed E-state index contributed by atoms with van der Waals surface area (Å²) in [5.41, 5.74) is 7.73. The standard InChI is InChI=1S/C16H16BrCl2NO/c1-10(20)7-13-14(18)3-2-4-16(13)21-9-11-5-6-12(17)8-15(11)19/h2-6,8,10H,7,9,20H2,1H3. The molecule has 0 saturated carbocycles. The SMILES string of the molecule is CC(N)Cc1c(Cl)cccc1OCc1ccc(Br)cc1Cl. The first-order chi connectivity index (χ1) is 9.97. The summed E-state index contributed by atoms with van der Waals surface area (Å²) in [4.78, 5) is 0. The molecule has 2 N–H and O–H groups in total. The van der Waals surface area contributed by atoms with Crippen LogP contribution in [0.2, 0.25) is 10.0 Å². The van der Waals surface area contributed by atoms with Crippen molar-refractivity contribution in [2.45, 2.75) is 26.0 Å². The summed E-state index contributed by atoms with van der Waals surface area (Å²) in [6, 6.07) is 11.3. The number of hydrogen-bond acceptors (Lipinski definition) is 2. The van der Waals surface area contributed by atoms with E-state index in [2.05, 4.69) is 15.9 Å². The van der Waals surface area contributed by atoms with Gasteiger partial charge in [0.25, 0.3) is 0 Å².